The van der Waals surface area contributed by atoms with E-state index in [1.807, 2.05) is 13.8 Å². The first-order valence-electron chi connectivity index (χ1n) is 5.27. The molecular formula is C10H18N6O. The fourth-order valence-corrected chi connectivity index (χ4v) is 1.21. The van der Waals surface area contributed by atoms with E-state index in [0.717, 1.165) is 0 Å². The van der Waals surface area contributed by atoms with Crippen molar-refractivity contribution in [1.29, 1.82) is 0 Å². The number of hydrazine groups is 2. The van der Waals surface area contributed by atoms with Crippen LogP contribution < -0.4 is 16.7 Å². The normalized spacial score (nSPS) is 10.8. The van der Waals surface area contributed by atoms with Gasteiger partial charge in [0.2, 0.25) is 0 Å². The van der Waals surface area contributed by atoms with Crippen LogP contribution in [0, 0.1) is 0 Å². The second-order valence-corrected chi connectivity index (χ2v) is 4.12. The molecule has 0 aliphatic rings. The number of hydrogen-bond acceptors (Lipinski definition) is 6. The van der Waals surface area contributed by atoms with E-state index in [1.54, 1.807) is 19.1 Å². The number of nitrogens with zero attached hydrogens (tertiary/aromatic N) is 3. The van der Waals surface area contributed by atoms with Gasteiger partial charge in [0.05, 0.1) is 11.9 Å². The number of nitrogen functional groups attached to an aromatic ring is 1. The summed E-state index contributed by atoms with van der Waals surface area (Å²) in [6.45, 7) is 3.91. The number of anilines is 1. The average molecular weight is 238 g/mol. The van der Waals surface area contributed by atoms with E-state index in [4.69, 9.17) is 5.84 Å². The molecule has 0 atom stereocenters. The second kappa shape index (κ2) is 5.55. The number of amides is 1. The van der Waals surface area contributed by atoms with Crippen LogP contribution in [0.15, 0.2) is 6.20 Å². The molecule has 4 N–H and O–H groups in total. The minimum absolute atomic E-state index is 0.146. The highest BCUT2D eigenvalue weighted by Crippen LogP contribution is 2.15. The van der Waals surface area contributed by atoms with Gasteiger partial charge in [0.25, 0.3) is 5.91 Å². The van der Waals surface area contributed by atoms with Crippen molar-refractivity contribution in [2.24, 2.45) is 5.84 Å². The van der Waals surface area contributed by atoms with Crippen molar-refractivity contribution in [2.75, 3.05) is 19.5 Å². The van der Waals surface area contributed by atoms with Crippen LogP contribution in [0.2, 0.25) is 0 Å². The molecule has 17 heavy (non-hydrogen) atoms. The molecule has 0 saturated carbocycles. The van der Waals surface area contributed by atoms with Crippen molar-refractivity contribution in [1.82, 2.24) is 20.4 Å². The standard InChI is InChI=1S/C10H18N6O/c1-6(2)9-12-5-7(14-11)8(13-9)10(17)15-16(3)4/h5-6,14H,11H2,1-4H3,(H,15,17). The minimum atomic E-state index is -0.327. The van der Waals surface area contributed by atoms with Crippen molar-refractivity contribution in [3.63, 3.8) is 0 Å². The second-order valence-electron chi connectivity index (χ2n) is 4.12. The van der Waals surface area contributed by atoms with E-state index < -0.39 is 0 Å². The topological polar surface area (TPSA) is 96.2 Å². The summed E-state index contributed by atoms with van der Waals surface area (Å²) in [4.78, 5) is 20.2. The number of rotatable bonds is 4. The van der Waals surface area contributed by atoms with Crippen molar-refractivity contribution in [3.8, 4) is 0 Å². The molecule has 1 rings (SSSR count). The highest BCUT2D eigenvalue weighted by molar-refractivity contribution is 5.97. The zero-order valence-electron chi connectivity index (χ0n) is 10.5. The molecule has 0 radical (unpaired) electrons. The zero-order valence-corrected chi connectivity index (χ0v) is 10.5. The zero-order chi connectivity index (χ0) is 13.0. The number of nitrogens with one attached hydrogen (secondary N) is 2. The Bertz CT molecular complexity index is 404. The Labute approximate surface area is 100 Å². The number of carbonyl (C=O) groups excluding carboxylic acids is 1. The molecule has 1 amide bonds. The highest BCUT2D eigenvalue weighted by Gasteiger charge is 2.16. The molecule has 0 bridgehead atoms. The molecule has 1 aromatic heterocycles. The first kappa shape index (κ1) is 13.3. The number of hydrogen-bond donors (Lipinski definition) is 3. The molecule has 7 heteroatoms. The smallest absolute Gasteiger partial charge is 0.286 e. The van der Waals surface area contributed by atoms with Crippen LogP contribution in [-0.4, -0.2) is 35.0 Å². The third-order valence-corrected chi connectivity index (χ3v) is 2.02. The molecule has 0 spiro atoms. The predicted molar refractivity (Wildman–Crippen MR) is 65.1 cm³/mol. The maximum absolute atomic E-state index is 11.9. The van der Waals surface area contributed by atoms with Crippen molar-refractivity contribution in [2.45, 2.75) is 19.8 Å². The van der Waals surface area contributed by atoms with Crippen LogP contribution in [0.3, 0.4) is 0 Å². The molecule has 0 aliphatic carbocycles. The molecule has 0 unspecified atom stereocenters. The number of carbonyl (C=O) groups is 1. The van der Waals surface area contributed by atoms with Crippen molar-refractivity contribution >= 4 is 11.6 Å². The quantitative estimate of drug-likeness (QED) is 0.508. The summed E-state index contributed by atoms with van der Waals surface area (Å²) in [6.07, 6.45) is 1.51. The predicted octanol–water partition coefficient (Wildman–Crippen LogP) is 0.0920. The summed E-state index contributed by atoms with van der Waals surface area (Å²) in [6, 6.07) is 0. The summed E-state index contributed by atoms with van der Waals surface area (Å²) >= 11 is 0. The first-order chi connectivity index (χ1) is 7.95. The van der Waals surface area contributed by atoms with Crippen LogP contribution in [0.1, 0.15) is 36.1 Å². The van der Waals surface area contributed by atoms with Crippen LogP contribution in [0.25, 0.3) is 0 Å². The van der Waals surface area contributed by atoms with Gasteiger partial charge in [0.1, 0.15) is 5.82 Å². The monoisotopic (exact) mass is 238 g/mol. The van der Waals surface area contributed by atoms with Gasteiger partial charge in [-0.2, -0.15) is 0 Å². The molecule has 0 aromatic carbocycles. The van der Waals surface area contributed by atoms with Gasteiger partial charge in [0, 0.05) is 20.0 Å². The highest BCUT2D eigenvalue weighted by atomic mass is 16.2. The van der Waals surface area contributed by atoms with Crippen LogP contribution in [0.4, 0.5) is 5.69 Å². The largest absolute Gasteiger partial charge is 0.321 e. The Balaban J connectivity index is 3.09. The lowest BCUT2D eigenvalue weighted by atomic mass is 10.2. The molecular weight excluding hydrogens is 220 g/mol. The summed E-state index contributed by atoms with van der Waals surface area (Å²) in [7, 11) is 3.44. The Hall–Kier alpha value is -1.73. The Kier molecular flexibility index (Phi) is 4.36. The fourth-order valence-electron chi connectivity index (χ4n) is 1.21. The molecule has 0 aliphatic heterocycles. The van der Waals surface area contributed by atoms with E-state index in [0.29, 0.717) is 11.5 Å². The SMILES string of the molecule is CC(C)c1ncc(NN)c(C(=O)NN(C)C)n1. The van der Waals surface area contributed by atoms with Crippen LogP contribution >= 0.6 is 0 Å². The lowest BCUT2D eigenvalue weighted by Crippen LogP contribution is -2.37. The van der Waals surface area contributed by atoms with Gasteiger partial charge in [-0.05, 0) is 0 Å². The van der Waals surface area contributed by atoms with E-state index >= 15 is 0 Å². The lowest BCUT2D eigenvalue weighted by Gasteiger charge is -2.14. The van der Waals surface area contributed by atoms with Crippen LogP contribution in [0.5, 0.6) is 0 Å². The van der Waals surface area contributed by atoms with Gasteiger partial charge in [0.15, 0.2) is 5.69 Å². The molecule has 7 nitrogen and oxygen atoms in total. The Morgan fingerprint density at radius 1 is 1.47 bits per heavy atom. The van der Waals surface area contributed by atoms with E-state index in [9.17, 15) is 4.79 Å². The van der Waals surface area contributed by atoms with Gasteiger partial charge >= 0.3 is 0 Å². The van der Waals surface area contributed by atoms with Gasteiger partial charge in [-0.15, -0.1) is 0 Å². The van der Waals surface area contributed by atoms with Gasteiger partial charge in [-0.25, -0.2) is 15.0 Å². The summed E-state index contributed by atoms with van der Waals surface area (Å²) in [5.74, 6) is 5.75. The number of nitrogens with two attached hydrogens (primary N) is 1. The third-order valence-electron chi connectivity index (χ3n) is 2.02. The third kappa shape index (κ3) is 3.36. The molecule has 0 saturated heterocycles. The lowest BCUT2D eigenvalue weighted by molar-refractivity contribution is 0.0852. The Morgan fingerprint density at radius 2 is 2.12 bits per heavy atom. The van der Waals surface area contributed by atoms with E-state index in [2.05, 4.69) is 20.8 Å². The molecule has 0 fully saturated rings. The van der Waals surface area contributed by atoms with Gasteiger partial charge in [-0.1, -0.05) is 13.8 Å². The van der Waals surface area contributed by atoms with Crippen molar-refractivity contribution in [3.05, 3.63) is 17.7 Å². The summed E-state index contributed by atoms with van der Waals surface area (Å²) in [5.41, 5.74) is 5.65. The van der Waals surface area contributed by atoms with Gasteiger partial charge < -0.3 is 5.43 Å². The van der Waals surface area contributed by atoms with Crippen LogP contribution in [-0.2, 0) is 0 Å². The summed E-state index contributed by atoms with van der Waals surface area (Å²) < 4.78 is 0. The average Bonchev–Trinajstić information content (AvgIpc) is 2.27. The van der Waals surface area contributed by atoms with E-state index in [-0.39, 0.29) is 17.5 Å². The van der Waals surface area contributed by atoms with Crippen molar-refractivity contribution < 1.29 is 4.79 Å². The minimum Gasteiger partial charge on any atom is -0.321 e. The molecule has 94 valence electrons. The van der Waals surface area contributed by atoms with Gasteiger partial charge in [-0.3, -0.25) is 16.1 Å². The molecule has 1 aromatic rings. The Morgan fingerprint density at radius 3 is 2.59 bits per heavy atom. The summed E-state index contributed by atoms with van der Waals surface area (Å²) in [5, 5.41) is 1.54. The first-order valence-corrected chi connectivity index (χ1v) is 5.27. The molecule has 1 heterocycles. The van der Waals surface area contributed by atoms with E-state index in [1.165, 1.54) is 6.20 Å². The maximum Gasteiger partial charge on any atom is 0.286 e. The fraction of sp³-hybridized carbons (Fsp3) is 0.500. The number of aromatic nitrogens is 2. The maximum atomic E-state index is 11.9.